The van der Waals surface area contributed by atoms with Crippen molar-refractivity contribution >= 4 is 11.6 Å². The van der Waals surface area contributed by atoms with Crippen molar-refractivity contribution in [2.75, 3.05) is 19.0 Å². The SMILES string of the molecule is CN(CC(C)(C)C)C(=O)c1cccc(C(F)(F)F)c1NN. The highest BCUT2D eigenvalue weighted by molar-refractivity contribution is 6.00. The maximum absolute atomic E-state index is 12.9. The summed E-state index contributed by atoms with van der Waals surface area (Å²) in [5, 5.41) is 0. The third-order valence-corrected chi connectivity index (χ3v) is 2.80. The number of nitrogens with zero attached hydrogens (tertiary/aromatic N) is 1. The molecule has 0 fully saturated rings. The number of hydrazine groups is 1. The molecule has 21 heavy (non-hydrogen) atoms. The van der Waals surface area contributed by atoms with Gasteiger partial charge in [-0.2, -0.15) is 13.2 Å². The molecule has 0 saturated carbocycles. The fourth-order valence-electron chi connectivity index (χ4n) is 2.11. The zero-order chi connectivity index (χ0) is 16.4. The molecule has 1 rings (SSSR count). The predicted molar refractivity (Wildman–Crippen MR) is 75.7 cm³/mol. The number of halogens is 3. The Hall–Kier alpha value is -1.76. The normalized spacial score (nSPS) is 12.2. The molecule has 4 nitrogen and oxygen atoms in total. The van der Waals surface area contributed by atoms with E-state index < -0.39 is 23.3 Å². The zero-order valence-electron chi connectivity index (χ0n) is 12.5. The van der Waals surface area contributed by atoms with Crippen molar-refractivity contribution in [1.82, 2.24) is 4.90 Å². The number of nitrogens with one attached hydrogen (secondary N) is 1. The van der Waals surface area contributed by atoms with Crippen molar-refractivity contribution in [3.63, 3.8) is 0 Å². The average molecular weight is 303 g/mol. The van der Waals surface area contributed by atoms with Crippen molar-refractivity contribution < 1.29 is 18.0 Å². The summed E-state index contributed by atoms with van der Waals surface area (Å²) in [4.78, 5) is 13.7. The Morgan fingerprint density at radius 2 is 1.86 bits per heavy atom. The van der Waals surface area contributed by atoms with Crippen LogP contribution in [0.4, 0.5) is 18.9 Å². The van der Waals surface area contributed by atoms with Gasteiger partial charge in [0.2, 0.25) is 0 Å². The van der Waals surface area contributed by atoms with Gasteiger partial charge in [0, 0.05) is 13.6 Å². The van der Waals surface area contributed by atoms with Gasteiger partial charge in [-0.15, -0.1) is 0 Å². The predicted octanol–water partition coefficient (Wildman–Crippen LogP) is 3.11. The van der Waals surface area contributed by atoms with Gasteiger partial charge in [0.1, 0.15) is 0 Å². The number of nitrogen functional groups attached to an aromatic ring is 1. The molecule has 0 atom stereocenters. The summed E-state index contributed by atoms with van der Waals surface area (Å²) < 4.78 is 38.8. The van der Waals surface area contributed by atoms with E-state index in [-0.39, 0.29) is 11.0 Å². The maximum atomic E-state index is 12.9. The monoisotopic (exact) mass is 303 g/mol. The quantitative estimate of drug-likeness (QED) is 0.666. The molecule has 0 radical (unpaired) electrons. The van der Waals surface area contributed by atoms with Gasteiger partial charge in [-0.05, 0) is 17.5 Å². The van der Waals surface area contributed by atoms with Crippen LogP contribution in [0.2, 0.25) is 0 Å². The molecule has 0 spiro atoms. The van der Waals surface area contributed by atoms with Crippen molar-refractivity contribution in [2.24, 2.45) is 11.3 Å². The molecule has 0 aliphatic heterocycles. The van der Waals surface area contributed by atoms with Gasteiger partial charge in [0.25, 0.3) is 5.91 Å². The zero-order valence-corrected chi connectivity index (χ0v) is 12.5. The summed E-state index contributed by atoms with van der Waals surface area (Å²) in [5.41, 5.74) is 0.374. The molecule has 7 heteroatoms. The first-order chi connectivity index (χ1) is 9.47. The molecule has 0 aromatic heterocycles. The molecule has 0 bridgehead atoms. The van der Waals surface area contributed by atoms with E-state index in [1.54, 1.807) is 7.05 Å². The number of alkyl halides is 3. The van der Waals surface area contributed by atoms with Crippen LogP contribution in [0.15, 0.2) is 18.2 Å². The van der Waals surface area contributed by atoms with Crippen LogP contribution in [0, 0.1) is 5.41 Å². The highest BCUT2D eigenvalue weighted by atomic mass is 19.4. The number of hydrogen-bond acceptors (Lipinski definition) is 3. The number of nitrogens with two attached hydrogens (primary N) is 1. The van der Waals surface area contributed by atoms with E-state index in [1.807, 2.05) is 26.2 Å². The smallest absolute Gasteiger partial charge is 0.341 e. The summed E-state index contributed by atoms with van der Waals surface area (Å²) in [6, 6.07) is 3.41. The van der Waals surface area contributed by atoms with Crippen LogP contribution < -0.4 is 11.3 Å². The van der Waals surface area contributed by atoms with E-state index in [2.05, 4.69) is 0 Å². The average Bonchev–Trinajstić information content (AvgIpc) is 2.33. The lowest BCUT2D eigenvalue weighted by atomic mass is 9.95. The third-order valence-electron chi connectivity index (χ3n) is 2.80. The van der Waals surface area contributed by atoms with Crippen LogP contribution in [-0.4, -0.2) is 24.4 Å². The Balaban J connectivity index is 3.22. The summed E-state index contributed by atoms with van der Waals surface area (Å²) in [7, 11) is 1.55. The second kappa shape index (κ2) is 5.93. The minimum absolute atomic E-state index is 0.0981. The van der Waals surface area contributed by atoms with Crippen molar-refractivity contribution in [1.29, 1.82) is 0 Å². The van der Waals surface area contributed by atoms with E-state index in [1.165, 1.54) is 17.0 Å². The number of carbonyl (C=O) groups excluding carboxylic acids is 1. The number of rotatable bonds is 3. The van der Waals surface area contributed by atoms with Gasteiger partial charge in [-0.1, -0.05) is 26.8 Å². The van der Waals surface area contributed by atoms with Gasteiger partial charge >= 0.3 is 6.18 Å². The Bertz CT molecular complexity index is 521. The maximum Gasteiger partial charge on any atom is 0.418 e. The minimum atomic E-state index is -4.58. The van der Waals surface area contributed by atoms with E-state index in [4.69, 9.17) is 5.84 Å². The van der Waals surface area contributed by atoms with Gasteiger partial charge in [-0.3, -0.25) is 10.6 Å². The number of carbonyl (C=O) groups is 1. The highest BCUT2D eigenvalue weighted by Gasteiger charge is 2.35. The Morgan fingerprint density at radius 1 is 1.29 bits per heavy atom. The first kappa shape index (κ1) is 17.3. The Labute approximate surface area is 122 Å². The standard InChI is InChI=1S/C14H20F3N3O/c1-13(2,3)8-20(4)12(21)9-6-5-7-10(11(9)19-18)14(15,16)17/h5-7,19H,8,18H2,1-4H3. The summed E-state index contributed by atoms with van der Waals surface area (Å²) in [5.74, 6) is 4.68. The van der Waals surface area contributed by atoms with E-state index in [9.17, 15) is 18.0 Å². The summed E-state index contributed by atoms with van der Waals surface area (Å²) in [6.45, 7) is 6.22. The number of benzene rings is 1. The fraction of sp³-hybridized carbons (Fsp3) is 0.500. The Kier molecular flexibility index (Phi) is 4.88. The van der Waals surface area contributed by atoms with Crippen LogP contribution in [-0.2, 0) is 6.18 Å². The summed E-state index contributed by atoms with van der Waals surface area (Å²) in [6.07, 6.45) is -4.58. The molecule has 0 heterocycles. The van der Waals surface area contributed by atoms with Crippen LogP contribution in [0.25, 0.3) is 0 Å². The molecule has 1 aromatic carbocycles. The second-order valence-corrected chi connectivity index (χ2v) is 6.09. The molecular weight excluding hydrogens is 283 g/mol. The number of anilines is 1. The van der Waals surface area contributed by atoms with Gasteiger partial charge in [0.05, 0.1) is 16.8 Å². The van der Waals surface area contributed by atoms with Crippen molar-refractivity contribution in [3.8, 4) is 0 Å². The largest absolute Gasteiger partial charge is 0.418 e. The Morgan fingerprint density at radius 3 is 2.29 bits per heavy atom. The fourth-order valence-corrected chi connectivity index (χ4v) is 2.11. The lowest BCUT2D eigenvalue weighted by Gasteiger charge is -2.27. The molecular formula is C14H20F3N3O. The molecule has 1 amide bonds. The molecule has 0 unspecified atom stereocenters. The molecule has 1 aromatic rings. The van der Waals surface area contributed by atoms with E-state index in [0.717, 1.165) is 6.07 Å². The van der Waals surface area contributed by atoms with E-state index >= 15 is 0 Å². The molecule has 3 N–H and O–H groups in total. The molecule has 118 valence electrons. The van der Waals surface area contributed by atoms with Crippen LogP contribution in [0.1, 0.15) is 36.7 Å². The van der Waals surface area contributed by atoms with Crippen LogP contribution in [0.3, 0.4) is 0 Å². The number of amides is 1. The minimum Gasteiger partial charge on any atom is -0.341 e. The number of para-hydroxylation sites is 1. The molecule has 0 aliphatic rings. The second-order valence-electron chi connectivity index (χ2n) is 6.09. The molecule has 0 aliphatic carbocycles. The highest BCUT2D eigenvalue weighted by Crippen LogP contribution is 2.36. The molecule has 0 saturated heterocycles. The van der Waals surface area contributed by atoms with Gasteiger partial charge < -0.3 is 10.3 Å². The third kappa shape index (κ3) is 4.35. The lowest BCUT2D eigenvalue weighted by Crippen LogP contribution is -2.35. The topological polar surface area (TPSA) is 58.4 Å². The lowest BCUT2D eigenvalue weighted by molar-refractivity contribution is -0.137. The van der Waals surface area contributed by atoms with Crippen LogP contribution in [0.5, 0.6) is 0 Å². The van der Waals surface area contributed by atoms with Crippen molar-refractivity contribution in [2.45, 2.75) is 26.9 Å². The van der Waals surface area contributed by atoms with Gasteiger partial charge in [-0.25, -0.2) is 0 Å². The van der Waals surface area contributed by atoms with E-state index in [0.29, 0.717) is 6.54 Å². The van der Waals surface area contributed by atoms with Crippen molar-refractivity contribution in [3.05, 3.63) is 29.3 Å². The summed E-state index contributed by atoms with van der Waals surface area (Å²) >= 11 is 0. The number of hydrogen-bond donors (Lipinski definition) is 2. The van der Waals surface area contributed by atoms with Gasteiger partial charge in [0.15, 0.2) is 0 Å². The van der Waals surface area contributed by atoms with Crippen LogP contribution >= 0.6 is 0 Å². The first-order valence-electron chi connectivity index (χ1n) is 6.39. The first-order valence-corrected chi connectivity index (χ1v) is 6.39.